The number of hydrogen-bond donors (Lipinski definition) is 1. The van der Waals surface area contributed by atoms with Crippen LogP contribution in [0.5, 0.6) is 0 Å². The van der Waals surface area contributed by atoms with E-state index in [1.165, 1.54) is 43.1 Å². The first-order chi connectivity index (χ1) is 18.3. The fourth-order valence-electron chi connectivity index (χ4n) is 3.82. The molecule has 0 radical (unpaired) electrons. The van der Waals surface area contributed by atoms with E-state index in [0.717, 1.165) is 17.7 Å². The van der Waals surface area contributed by atoms with Gasteiger partial charge in [-0.3, -0.25) is 13.9 Å². The van der Waals surface area contributed by atoms with Crippen molar-refractivity contribution in [3.05, 3.63) is 94.5 Å². The zero-order valence-electron chi connectivity index (χ0n) is 21.4. The fourth-order valence-corrected chi connectivity index (χ4v) is 5.47. The standard InChI is InChI=1S/C27H27ClF3N3O4S/c1-18-9-11-20(12-10-18)16-33(19(2)26(36)32-3)25(35)17-34(39(37,38)22-7-5-4-6-8-22)21-13-14-24(28)23(15-21)27(29,30)31/h4-15,19H,16-17H2,1-3H3,(H,32,36). The lowest BCUT2D eigenvalue weighted by atomic mass is 10.1. The highest BCUT2D eigenvalue weighted by molar-refractivity contribution is 7.92. The number of aryl methyl sites for hydroxylation is 1. The Labute approximate surface area is 230 Å². The number of hydrogen-bond acceptors (Lipinski definition) is 4. The van der Waals surface area contributed by atoms with E-state index < -0.39 is 56.9 Å². The summed E-state index contributed by atoms with van der Waals surface area (Å²) >= 11 is 5.76. The highest BCUT2D eigenvalue weighted by Crippen LogP contribution is 2.38. The zero-order valence-corrected chi connectivity index (χ0v) is 22.9. The second-order valence-corrected chi connectivity index (χ2v) is 11.1. The summed E-state index contributed by atoms with van der Waals surface area (Å²) in [6.45, 7) is 2.45. The molecule has 0 aromatic heterocycles. The van der Waals surface area contributed by atoms with Gasteiger partial charge in [0.2, 0.25) is 11.8 Å². The van der Waals surface area contributed by atoms with Crippen molar-refractivity contribution in [2.75, 3.05) is 17.9 Å². The molecule has 39 heavy (non-hydrogen) atoms. The van der Waals surface area contributed by atoms with Gasteiger partial charge < -0.3 is 10.2 Å². The SMILES string of the molecule is CNC(=O)C(C)N(Cc1ccc(C)cc1)C(=O)CN(c1ccc(Cl)c(C(F)(F)F)c1)S(=O)(=O)c1ccccc1. The summed E-state index contributed by atoms with van der Waals surface area (Å²) < 4.78 is 68.8. The van der Waals surface area contributed by atoms with E-state index in [2.05, 4.69) is 5.32 Å². The molecule has 0 saturated carbocycles. The predicted octanol–water partition coefficient (Wildman–Crippen LogP) is 5.03. The quantitative estimate of drug-likeness (QED) is 0.384. The summed E-state index contributed by atoms with van der Waals surface area (Å²) in [5.41, 5.74) is -0.0169. The zero-order chi connectivity index (χ0) is 29.0. The molecule has 208 valence electrons. The predicted molar refractivity (Wildman–Crippen MR) is 143 cm³/mol. The van der Waals surface area contributed by atoms with Crippen molar-refractivity contribution in [2.24, 2.45) is 0 Å². The summed E-state index contributed by atoms with van der Waals surface area (Å²) in [4.78, 5) is 27.1. The molecule has 0 aliphatic heterocycles. The summed E-state index contributed by atoms with van der Waals surface area (Å²) in [7, 11) is -3.12. The first-order valence-electron chi connectivity index (χ1n) is 11.8. The van der Waals surface area contributed by atoms with Crippen LogP contribution in [0.2, 0.25) is 5.02 Å². The smallest absolute Gasteiger partial charge is 0.357 e. The van der Waals surface area contributed by atoms with Gasteiger partial charge in [-0.2, -0.15) is 13.2 Å². The third kappa shape index (κ3) is 7.10. The van der Waals surface area contributed by atoms with Crippen molar-refractivity contribution < 1.29 is 31.2 Å². The van der Waals surface area contributed by atoms with Crippen LogP contribution in [-0.2, 0) is 32.3 Å². The minimum absolute atomic E-state index is 0.0403. The Balaban J connectivity index is 2.10. The Morgan fingerprint density at radius 1 is 1.00 bits per heavy atom. The molecular weight excluding hydrogens is 555 g/mol. The van der Waals surface area contributed by atoms with Crippen LogP contribution in [0.25, 0.3) is 0 Å². The molecule has 1 unspecified atom stereocenters. The number of likely N-dealkylation sites (N-methyl/N-ethyl adjacent to an activating group) is 1. The number of nitrogens with one attached hydrogen (secondary N) is 1. The number of nitrogens with zero attached hydrogens (tertiary/aromatic N) is 2. The van der Waals surface area contributed by atoms with Gasteiger partial charge in [0.1, 0.15) is 12.6 Å². The first-order valence-corrected chi connectivity index (χ1v) is 13.6. The van der Waals surface area contributed by atoms with Crippen molar-refractivity contribution in [3.63, 3.8) is 0 Å². The molecule has 1 atom stereocenters. The van der Waals surface area contributed by atoms with Crippen molar-refractivity contribution in [3.8, 4) is 0 Å². The molecule has 0 heterocycles. The lowest BCUT2D eigenvalue weighted by Gasteiger charge is -2.32. The van der Waals surface area contributed by atoms with E-state index in [0.29, 0.717) is 15.9 Å². The first kappa shape index (κ1) is 30.0. The number of alkyl halides is 3. The third-order valence-electron chi connectivity index (χ3n) is 6.04. The maximum absolute atomic E-state index is 13.7. The summed E-state index contributed by atoms with van der Waals surface area (Å²) in [6.07, 6.45) is -4.87. The van der Waals surface area contributed by atoms with Gasteiger partial charge in [-0.25, -0.2) is 8.42 Å². The van der Waals surface area contributed by atoms with E-state index in [-0.39, 0.29) is 11.4 Å². The molecule has 0 saturated heterocycles. The normalized spacial score (nSPS) is 12.5. The molecule has 7 nitrogen and oxygen atoms in total. The molecule has 0 aliphatic carbocycles. The number of sulfonamides is 1. The lowest BCUT2D eigenvalue weighted by molar-refractivity contribution is -0.139. The van der Waals surface area contributed by atoms with E-state index in [9.17, 15) is 31.2 Å². The topological polar surface area (TPSA) is 86.8 Å². The van der Waals surface area contributed by atoms with Crippen LogP contribution >= 0.6 is 11.6 Å². The van der Waals surface area contributed by atoms with E-state index >= 15 is 0 Å². The molecule has 3 aromatic rings. The molecule has 0 aliphatic rings. The van der Waals surface area contributed by atoms with Crippen molar-refractivity contribution in [1.29, 1.82) is 0 Å². The molecule has 3 aromatic carbocycles. The van der Waals surface area contributed by atoms with Gasteiger partial charge in [-0.1, -0.05) is 59.6 Å². The Morgan fingerprint density at radius 3 is 2.18 bits per heavy atom. The number of rotatable bonds is 9. The maximum Gasteiger partial charge on any atom is 0.417 e. The van der Waals surface area contributed by atoms with E-state index in [4.69, 9.17) is 11.6 Å². The molecular formula is C27H27ClF3N3O4S. The van der Waals surface area contributed by atoms with Gasteiger partial charge in [0, 0.05) is 13.6 Å². The molecule has 2 amide bonds. The molecule has 0 bridgehead atoms. The van der Waals surface area contributed by atoms with Crippen LogP contribution in [0.4, 0.5) is 18.9 Å². The number of amides is 2. The minimum Gasteiger partial charge on any atom is -0.357 e. The van der Waals surface area contributed by atoms with Gasteiger partial charge in [0.15, 0.2) is 0 Å². The molecule has 12 heteroatoms. The monoisotopic (exact) mass is 581 g/mol. The second-order valence-electron chi connectivity index (χ2n) is 8.78. The van der Waals surface area contributed by atoms with Gasteiger partial charge >= 0.3 is 6.18 Å². The number of anilines is 1. The summed E-state index contributed by atoms with van der Waals surface area (Å²) in [5.74, 6) is -1.30. The summed E-state index contributed by atoms with van der Waals surface area (Å²) in [6, 6.07) is 15.8. The van der Waals surface area contributed by atoms with E-state index in [1.807, 2.05) is 19.1 Å². The van der Waals surface area contributed by atoms with Gasteiger partial charge in [0.05, 0.1) is 21.2 Å². The second kappa shape index (κ2) is 12.1. The Hall–Kier alpha value is -3.57. The van der Waals surface area contributed by atoms with Crippen LogP contribution in [0.3, 0.4) is 0 Å². The van der Waals surface area contributed by atoms with Gasteiger partial charge in [-0.15, -0.1) is 0 Å². The average molecular weight is 582 g/mol. The Bertz CT molecular complexity index is 1430. The molecule has 1 N–H and O–H groups in total. The molecule has 3 rings (SSSR count). The van der Waals surface area contributed by atoms with Crippen molar-refractivity contribution >= 4 is 39.1 Å². The van der Waals surface area contributed by atoms with E-state index in [1.54, 1.807) is 18.2 Å². The molecule has 0 spiro atoms. The average Bonchev–Trinajstić information content (AvgIpc) is 2.90. The highest BCUT2D eigenvalue weighted by Gasteiger charge is 2.36. The lowest BCUT2D eigenvalue weighted by Crippen LogP contribution is -2.50. The number of halogens is 4. The van der Waals surface area contributed by atoms with Crippen LogP contribution in [0, 0.1) is 6.92 Å². The minimum atomic E-state index is -4.87. The van der Waals surface area contributed by atoms with Crippen molar-refractivity contribution in [1.82, 2.24) is 10.2 Å². The van der Waals surface area contributed by atoms with Crippen LogP contribution in [-0.4, -0.2) is 44.8 Å². The maximum atomic E-state index is 13.7. The number of carbonyl (C=O) groups excluding carboxylic acids is 2. The summed E-state index contributed by atoms with van der Waals surface area (Å²) in [5, 5.41) is 1.84. The van der Waals surface area contributed by atoms with Gasteiger partial charge in [-0.05, 0) is 49.7 Å². The Kier molecular flexibility index (Phi) is 9.29. The highest BCUT2D eigenvalue weighted by atomic mass is 35.5. The molecule has 0 fully saturated rings. The largest absolute Gasteiger partial charge is 0.417 e. The van der Waals surface area contributed by atoms with Crippen molar-refractivity contribution in [2.45, 2.75) is 37.5 Å². The number of benzene rings is 3. The number of carbonyl (C=O) groups is 2. The van der Waals surface area contributed by atoms with Crippen LogP contribution < -0.4 is 9.62 Å². The third-order valence-corrected chi connectivity index (χ3v) is 8.16. The Morgan fingerprint density at radius 2 is 1.62 bits per heavy atom. The fraction of sp³-hybridized carbons (Fsp3) is 0.259. The van der Waals surface area contributed by atoms with Gasteiger partial charge in [0.25, 0.3) is 10.0 Å². The van der Waals surface area contributed by atoms with Crippen LogP contribution in [0.15, 0.2) is 77.7 Å². The van der Waals surface area contributed by atoms with Crippen LogP contribution in [0.1, 0.15) is 23.6 Å².